The fourth-order valence-corrected chi connectivity index (χ4v) is 1.45. The summed E-state index contributed by atoms with van der Waals surface area (Å²) in [6.45, 7) is 0. The highest BCUT2D eigenvalue weighted by Crippen LogP contribution is 2.08. The maximum atomic E-state index is 12.8. The van der Waals surface area contributed by atoms with Gasteiger partial charge in [0.25, 0.3) is 0 Å². The number of hydrogen-bond acceptors (Lipinski definition) is 4. The molecule has 1 N–H and O–H groups in total. The van der Waals surface area contributed by atoms with Gasteiger partial charge in [0, 0.05) is 11.8 Å². The fourth-order valence-electron chi connectivity index (χ4n) is 1.45. The van der Waals surface area contributed by atoms with Gasteiger partial charge in [-0.2, -0.15) is 0 Å². The Balaban J connectivity index is 2.35. The molecule has 0 saturated carbocycles. The van der Waals surface area contributed by atoms with Gasteiger partial charge in [-0.3, -0.25) is 9.78 Å². The van der Waals surface area contributed by atoms with E-state index in [2.05, 4.69) is 10.1 Å². The average Bonchev–Trinajstić information content (AvgIpc) is 2.41. The molecule has 0 radical (unpaired) electrons. The number of carbonyl (C=O) groups excluding carboxylic acids is 1. The lowest BCUT2D eigenvalue weighted by Gasteiger charge is -2.02. The maximum Gasteiger partial charge on any atom is 0.216 e. The molecular formula is C13H9FN2O2. The highest BCUT2D eigenvalue weighted by molar-refractivity contribution is 6.50. The minimum absolute atomic E-state index is 0.179. The fraction of sp³-hybridized carbons (Fsp3) is 0. The second-order valence-electron chi connectivity index (χ2n) is 3.50. The first kappa shape index (κ1) is 11.9. The van der Waals surface area contributed by atoms with E-state index in [0.717, 1.165) is 0 Å². The van der Waals surface area contributed by atoms with Crippen LogP contribution >= 0.6 is 0 Å². The minimum Gasteiger partial charge on any atom is -0.410 e. The van der Waals surface area contributed by atoms with Crippen LogP contribution in [0.1, 0.15) is 16.1 Å². The number of pyridine rings is 1. The van der Waals surface area contributed by atoms with Crippen LogP contribution in [0.25, 0.3) is 0 Å². The molecule has 0 fully saturated rings. The lowest BCUT2D eigenvalue weighted by Crippen LogP contribution is -2.17. The van der Waals surface area contributed by atoms with E-state index in [1.165, 1.54) is 30.5 Å². The number of halogens is 1. The standard InChI is InChI=1S/C13H9FN2O2/c14-10-6-4-9(5-7-10)13(17)12(16-18)11-3-1-2-8-15-11/h1-8,18H/b16-12-. The summed E-state index contributed by atoms with van der Waals surface area (Å²) >= 11 is 0. The van der Waals surface area contributed by atoms with Gasteiger partial charge in [-0.15, -0.1) is 0 Å². The first-order valence-corrected chi connectivity index (χ1v) is 5.16. The van der Waals surface area contributed by atoms with Gasteiger partial charge in [0.15, 0.2) is 5.71 Å². The summed E-state index contributed by atoms with van der Waals surface area (Å²) < 4.78 is 12.8. The summed E-state index contributed by atoms with van der Waals surface area (Å²) in [5.41, 5.74) is 0.311. The number of Topliss-reactive ketones (excluding diaryl/α,β-unsaturated/α-hetero) is 1. The third kappa shape index (κ3) is 2.40. The molecule has 18 heavy (non-hydrogen) atoms. The number of oxime groups is 1. The van der Waals surface area contributed by atoms with E-state index in [1.54, 1.807) is 18.2 Å². The molecule has 0 amide bonds. The van der Waals surface area contributed by atoms with Crippen LogP contribution in [-0.4, -0.2) is 21.7 Å². The molecule has 5 heteroatoms. The molecule has 0 aliphatic rings. The monoisotopic (exact) mass is 244 g/mol. The lowest BCUT2D eigenvalue weighted by atomic mass is 10.0. The van der Waals surface area contributed by atoms with Crippen molar-refractivity contribution < 1.29 is 14.4 Å². The first-order chi connectivity index (χ1) is 8.72. The Hall–Kier alpha value is -2.56. The molecule has 0 bridgehead atoms. The Morgan fingerprint density at radius 1 is 1.17 bits per heavy atom. The Bertz CT molecular complexity index is 580. The molecule has 1 aromatic carbocycles. The van der Waals surface area contributed by atoms with E-state index in [9.17, 15) is 9.18 Å². The number of ketones is 1. The molecule has 0 aliphatic heterocycles. The molecule has 1 aromatic heterocycles. The Kier molecular flexibility index (Phi) is 3.43. The average molecular weight is 244 g/mol. The van der Waals surface area contributed by atoms with Crippen LogP contribution in [-0.2, 0) is 0 Å². The van der Waals surface area contributed by atoms with Crippen LogP contribution in [0.3, 0.4) is 0 Å². The van der Waals surface area contributed by atoms with Gasteiger partial charge in [0.05, 0.1) is 5.69 Å². The van der Waals surface area contributed by atoms with E-state index in [4.69, 9.17) is 5.21 Å². The summed E-state index contributed by atoms with van der Waals surface area (Å²) in [6, 6.07) is 9.89. The maximum absolute atomic E-state index is 12.8. The zero-order valence-electron chi connectivity index (χ0n) is 9.25. The van der Waals surface area contributed by atoms with Crippen molar-refractivity contribution in [2.75, 3.05) is 0 Å². The SMILES string of the molecule is O=C(/C(=N\O)c1ccccn1)c1ccc(F)cc1. The predicted octanol–water partition coefficient (Wildman–Crippen LogP) is 2.28. The summed E-state index contributed by atoms with van der Waals surface area (Å²) in [5.74, 6) is -0.955. The zero-order chi connectivity index (χ0) is 13.0. The normalized spacial score (nSPS) is 11.3. The Morgan fingerprint density at radius 3 is 2.44 bits per heavy atom. The van der Waals surface area contributed by atoms with Gasteiger partial charge in [-0.25, -0.2) is 4.39 Å². The molecule has 0 unspecified atom stereocenters. The molecule has 0 saturated heterocycles. The molecule has 2 aromatic rings. The van der Waals surface area contributed by atoms with Crippen LogP contribution in [0, 0.1) is 5.82 Å². The van der Waals surface area contributed by atoms with Gasteiger partial charge in [-0.05, 0) is 36.4 Å². The second kappa shape index (κ2) is 5.18. The van der Waals surface area contributed by atoms with Crippen molar-refractivity contribution in [1.29, 1.82) is 0 Å². The molecule has 2 rings (SSSR count). The van der Waals surface area contributed by atoms with Crippen molar-refractivity contribution >= 4 is 11.5 Å². The number of carbonyl (C=O) groups is 1. The third-order valence-corrected chi connectivity index (χ3v) is 2.33. The van der Waals surface area contributed by atoms with E-state index in [1.807, 2.05) is 0 Å². The number of aromatic nitrogens is 1. The van der Waals surface area contributed by atoms with Crippen molar-refractivity contribution in [3.05, 3.63) is 65.7 Å². The quantitative estimate of drug-likeness (QED) is 0.390. The second-order valence-corrected chi connectivity index (χ2v) is 3.50. The van der Waals surface area contributed by atoms with E-state index in [0.29, 0.717) is 0 Å². The van der Waals surface area contributed by atoms with Crippen molar-refractivity contribution in [3.63, 3.8) is 0 Å². The summed E-state index contributed by atoms with van der Waals surface area (Å²) in [6.07, 6.45) is 1.48. The highest BCUT2D eigenvalue weighted by atomic mass is 19.1. The first-order valence-electron chi connectivity index (χ1n) is 5.16. The largest absolute Gasteiger partial charge is 0.410 e. The predicted molar refractivity (Wildman–Crippen MR) is 63.3 cm³/mol. The molecule has 0 spiro atoms. The Morgan fingerprint density at radius 2 is 1.89 bits per heavy atom. The van der Waals surface area contributed by atoms with Gasteiger partial charge in [0.1, 0.15) is 5.82 Å². The van der Waals surface area contributed by atoms with Crippen LogP contribution in [0.15, 0.2) is 53.8 Å². The number of benzene rings is 1. The van der Waals surface area contributed by atoms with Crippen molar-refractivity contribution in [3.8, 4) is 0 Å². The van der Waals surface area contributed by atoms with Gasteiger partial charge >= 0.3 is 0 Å². The molecule has 0 aliphatic carbocycles. The number of hydrogen-bond donors (Lipinski definition) is 1. The van der Waals surface area contributed by atoms with Crippen LogP contribution in [0.4, 0.5) is 4.39 Å². The molecular weight excluding hydrogens is 235 g/mol. The summed E-state index contributed by atoms with van der Waals surface area (Å²) in [5, 5.41) is 11.9. The van der Waals surface area contributed by atoms with Crippen molar-refractivity contribution in [2.45, 2.75) is 0 Å². The smallest absolute Gasteiger partial charge is 0.216 e. The summed E-state index contributed by atoms with van der Waals surface area (Å²) in [4.78, 5) is 16.0. The highest BCUT2D eigenvalue weighted by Gasteiger charge is 2.17. The van der Waals surface area contributed by atoms with E-state index in [-0.39, 0.29) is 17.0 Å². The van der Waals surface area contributed by atoms with Crippen LogP contribution in [0.5, 0.6) is 0 Å². The van der Waals surface area contributed by atoms with Crippen molar-refractivity contribution in [2.24, 2.45) is 5.16 Å². The van der Waals surface area contributed by atoms with Gasteiger partial charge in [-0.1, -0.05) is 11.2 Å². The van der Waals surface area contributed by atoms with Crippen molar-refractivity contribution in [1.82, 2.24) is 4.98 Å². The topological polar surface area (TPSA) is 62.5 Å². The molecule has 1 heterocycles. The zero-order valence-corrected chi connectivity index (χ0v) is 9.25. The summed E-state index contributed by atoms with van der Waals surface area (Å²) in [7, 11) is 0. The van der Waals surface area contributed by atoms with Gasteiger partial charge < -0.3 is 5.21 Å². The Labute approximate surface area is 102 Å². The number of nitrogens with zero attached hydrogens (tertiary/aromatic N) is 2. The number of rotatable bonds is 3. The lowest BCUT2D eigenvalue weighted by molar-refractivity contribution is 0.106. The third-order valence-electron chi connectivity index (χ3n) is 2.33. The van der Waals surface area contributed by atoms with Crippen LogP contribution < -0.4 is 0 Å². The minimum atomic E-state index is -0.517. The molecule has 4 nitrogen and oxygen atoms in total. The van der Waals surface area contributed by atoms with E-state index < -0.39 is 11.6 Å². The molecule has 0 atom stereocenters. The van der Waals surface area contributed by atoms with E-state index >= 15 is 0 Å². The molecule has 90 valence electrons. The van der Waals surface area contributed by atoms with Gasteiger partial charge in [0.2, 0.25) is 5.78 Å². The van der Waals surface area contributed by atoms with Crippen LogP contribution in [0.2, 0.25) is 0 Å².